The van der Waals surface area contributed by atoms with Crippen molar-refractivity contribution in [2.45, 2.75) is 58.5 Å². The van der Waals surface area contributed by atoms with E-state index in [1.807, 2.05) is 12.1 Å². The van der Waals surface area contributed by atoms with Crippen molar-refractivity contribution in [1.29, 1.82) is 0 Å². The second-order valence-electron chi connectivity index (χ2n) is 7.01. The Morgan fingerprint density at radius 2 is 2.19 bits per heavy atom. The minimum Gasteiger partial charge on any atom is -0.357 e. The van der Waals surface area contributed by atoms with Crippen LogP contribution in [0.4, 0.5) is 0 Å². The van der Waals surface area contributed by atoms with Crippen LogP contribution in [0.25, 0.3) is 11.4 Å². The number of aromatic nitrogens is 3. The normalized spacial score (nSPS) is 20.0. The number of hydrogen-bond acceptors (Lipinski definition) is 3. The quantitative estimate of drug-likeness (QED) is 0.329. The van der Waals surface area contributed by atoms with Crippen molar-refractivity contribution in [2.24, 2.45) is 10.9 Å². The molecular weight excluding hydrogens is 451 g/mol. The number of rotatable bonds is 6. The molecule has 1 aliphatic rings. The second kappa shape index (κ2) is 11.3. The molecule has 3 rings (SSSR count). The number of aromatic amines is 1. The number of nitrogens with zero attached hydrogens (tertiary/aromatic N) is 3. The molecule has 0 bridgehead atoms. The predicted octanol–water partition coefficient (Wildman–Crippen LogP) is 4.11. The Morgan fingerprint density at radius 1 is 1.30 bits per heavy atom. The molecule has 1 aromatic heterocycles. The lowest BCUT2D eigenvalue weighted by Crippen LogP contribution is -2.45. The highest BCUT2D eigenvalue weighted by molar-refractivity contribution is 14.0. The van der Waals surface area contributed by atoms with E-state index in [1.54, 1.807) is 0 Å². The fourth-order valence-electron chi connectivity index (χ4n) is 3.64. The maximum Gasteiger partial charge on any atom is 0.191 e. The molecule has 0 spiro atoms. The van der Waals surface area contributed by atoms with Gasteiger partial charge in [-0.1, -0.05) is 44.4 Å². The number of guanidine groups is 1. The number of aliphatic imine (C=N–C) groups is 1. The number of hydrogen-bond donors (Lipinski definition) is 3. The molecule has 2 unspecified atom stereocenters. The molecule has 3 N–H and O–H groups in total. The molecule has 7 heteroatoms. The van der Waals surface area contributed by atoms with Gasteiger partial charge in [0.25, 0.3) is 0 Å². The maximum atomic E-state index is 4.80. The van der Waals surface area contributed by atoms with Gasteiger partial charge in [-0.25, -0.2) is 9.98 Å². The van der Waals surface area contributed by atoms with E-state index in [-0.39, 0.29) is 24.0 Å². The van der Waals surface area contributed by atoms with Crippen LogP contribution in [0, 0.1) is 5.92 Å². The first-order chi connectivity index (χ1) is 12.8. The average Bonchev–Trinajstić information content (AvgIpc) is 3.22. The molecule has 2 aromatic rings. The highest BCUT2D eigenvalue weighted by Gasteiger charge is 2.21. The highest BCUT2D eigenvalue weighted by atomic mass is 127. The smallest absolute Gasteiger partial charge is 0.191 e. The standard InChI is InChI=1S/C20H30N6.HI/c1-3-15-7-6-10-18(12-15)25-20(21-4-2)22-13-16-8-5-9-17(11-16)19-23-14-24-26-19;/h5,8-9,11,14-15,18H,3-4,6-7,10,12-13H2,1-2H3,(H2,21,22,25)(H,23,24,26);1H. The molecule has 0 aliphatic heterocycles. The number of benzene rings is 1. The highest BCUT2D eigenvalue weighted by Crippen LogP contribution is 2.26. The Morgan fingerprint density at radius 3 is 2.93 bits per heavy atom. The van der Waals surface area contributed by atoms with E-state index >= 15 is 0 Å². The first kappa shape index (κ1) is 21.7. The van der Waals surface area contributed by atoms with E-state index in [9.17, 15) is 0 Å². The summed E-state index contributed by atoms with van der Waals surface area (Å²) in [4.78, 5) is 9.02. The van der Waals surface area contributed by atoms with Gasteiger partial charge in [0.05, 0.1) is 6.54 Å². The van der Waals surface area contributed by atoms with Crippen LogP contribution in [0.5, 0.6) is 0 Å². The monoisotopic (exact) mass is 482 g/mol. The predicted molar refractivity (Wildman–Crippen MR) is 121 cm³/mol. The molecule has 0 amide bonds. The van der Waals surface area contributed by atoms with Crippen molar-refractivity contribution in [3.63, 3.8) is 0 Å². The third-order valence-electron chi connectivity index (χ3n) is 5.08. The summed E-state index contributed by atoms with van der Waals surface area (Å²) in [5.74, 6) is 2.55. The SMILES string of the molecule is CCNC(=NCc1cccc(-c2ncn[nH]2)c1)NC1CCCC(CC)C1.I. The lowest BCUT2D eigenvalue weighted by molar-refractivity contribution is 0.298. The van der Waals surface area contributed by atoms with Gasteiger partial charge in [-0.05, 0) is 37.3 Å². The first-order valence-electron chi connectivity index (χ1n) is 9.78. The molecule has 27 heavy (non-hydrogen) atoms. The zero-order valence-corrected chi connectivity index (χ0v) is 18.6. The third-order valence-corrected chi connectivity index (χ3v) is 5.08. The van der Waals surface area contributed by atoms with Crippen molar-refractivity contribution in [1.82, 2.24) is 25.8 Å². The summed E-state index contributed by atoms with van der Waals surface area (Å²) < 4.78 is 0. The molecule has 0 saturated heterocycles. The third kappa shape index (κ3) is 6.48. The fraction of sp³-hybridized carbons (Fsp3) is 0.550. The van der Waals surface area contributed by atoms with Gasteiger partial charge in [-0.3, -0.25) is 5.10 Å². The largest absolute Gasteiger partial charge is 0.357 e. The summed E-state index contributed by atoms with van der Waals surface area (Å²) in [6.07, 6.45) is 7.98. The molecule has 1 fully saturated rings. The Labute approximate surface area is 179 Å². The van der Waals surface area contributed by atoms with Crippen molar-refractivity contribution in [3.8, 4) is 11.4 Å². The van der Waals surface area contributed by atoms with Gasteiger partial charge in [-0.2, -0.15) is 5.10 Å². The molecule has 6 nitrogen and oxygen atoms in total. The Hall–Kier alpha value is -1.64. The summed E-state index contributed by atoms with van der Waals surface area (Å²) >= 11 is 0. The first-order valence-corrected chi connectivity index (χ1v) is 9.78. The second-order valence-corrected chi connectivity index (χ2v) is 7.01. The minimum absolute atomic E-state index is 0. The van der Waals surface area contributed by atoms with Gasteiger partial charge in [0.15, 0.2) is 11.8 Å². The number of nitrogens with one attached hydrogen (secondary N) is 3. The Kier molecular flexibility index (Phi) is 9.03. The van der Waals surface area contributed by atoms with Crippen LogP contribution in [0.15, 0.2) is 35.6 Å². The zero-order chi connectivity index (χ0) is 18.2. The Balaban J connectivity index is 0.00000261. The summed E-state index contributed by atoms with van der Waals surface area (Å²) in [5, 5.41) is 13.9. The maximum absolute atomic E-state index is 4.80. The number of H-pyrrole nitrogens is 1. The molecule has 2 atom stereocenters. The van der Waals surface area contributed by atoms with E-state index in [4.69, 9.17) is 4.99 Å². The average molecular weight is 482 g/mol. The molecule has 0 radical (unpaired) electrons. The van der Waals surface area contributed by atoms with Gasteiger partial charge in [0.2, 0.25) is 0 Å². The summed E-state index contributed by atoms with van der Waals surface area (Å²) in [6.45, 7) is 5.92. The van der Waals surface area contributed by atoms with Crippen molar-refractivity contribution >= 4 is 29.9 Å². The molecule has 1 heterocycles. The van der Waals surface area contributed by atoms with Gasteiger partial charge in [0.1, 0.15) is 6.33 Å². The van der Waals surface area contributed by atoms with Gasteiger partial charge in [-0.15, -0.1) is 24.0 Å². The van der Waals surface area contributed by atoms with Gasteiger partial charge >= 0.3 is 0 Å². The summed E-state index contributed by atoms with van der Waals surface area (Å²) in [7, 11) is 0. The molecular formula is C20H31IN6. The molecule has 1 aliphatic carbocycles. The van der Waals surface area contributed by atoms with Crippen LogP contribution in [-0.2, 0) is 6.54 Å². The Bertz CT molecular complexity index is 700. The van der Waals surface area contributed by atoms with E-state index < -0.39 is 0 Å². The van der Waals surface area contributed by atoms with Gasteiger partial charge < -0.3 is 10.6 Å². The summed E-state index contributed by atoms with van der Waals surface area (Å²) in [6, 6.07) is 8.81. The van der Waals surface area contributed by atoms with Crippen LogP contribution in [-0.4, -0.2) is 33.7 Å². The van der Waals surface area contributed by atoms with E-state index in [0.29, 0.717) is 12.6 Å². The molecule has 148 valence electrons. The van der Waals surface area contributed by atoms with E-state index in [2.05, 4.69) is 51.8 Å². The van der Waals surface area contributed by atoms with Crippen LogP contribution in [0.2, 0.25) is 0 Å². The van der Waals surface area contributed by atoms with Crippen LogP contribution >= 0.6 is 24.0 Å². The van der Waals surface area contributed by atoms with Crippen molar-refractivity contribution in [2.75, 3.05) is 6.54 Å². The fourth-order valence-corrected chi connectivity index (χ4v) is 3.64. The van der Waals surface area contributed by atoms with Crippen LogP contribution < -0.4 is 10.6 Å². The minimum atomic E-state index is 0. The molecule has 1 aromatic carbocycles. The van der Waals surface area contributed by atoms with E-state index in [0.717, 1.165) is 35.4 Å². The number of halogens is 1. The van der Waals surface area contributed by atoms with Crippen LogP contribution in [0.1, 0.15) is 51.5 Å². The summed E-state index contributed by atoms with van der Waals surface area (Å²) in [5.41, 5.74) is 2.19. The van der Waals surface area contributed by atoms with Crippen molar-refractivity contribution < 1.29 is 0 Å². The lowest BCUT2D eigenvalue weighted by Gasteiger charge is -2.30. The molecule has 1 saturated carbocycles. The van der Waals surface area contributed by atoms with Crippen LogP contribution in [0.3, 0.4) is 0 Å². The topological polar surface area (TPSA) is 78.0 Å². The van der Waals surface area contributed by atoms with Crippen molar-refractivity contribution in [3.05, 3.63) is 36.2 Å². The van der Waals surface area contributed by atoms with Gasteiger partial charge in [0, 0.05) is 18.2 Å². The zero-order valence-electron chi connectivity index (χ0n) is 16.2. The van der Waals surface area contributed by atoms with E-state index in [1.165, 1.54) is 38.4 Å². The lowest BCUT2D eigenvalue weighted by atomic mass is 9.84.